The van der Waals surface area contributed by atoms with Gasteiger partial charge in [-0.1, -0.05) is 59.3 Å². The van der Waals surface area contributed by atoms with E-state index in [9.17, 15) is 4.79 Å². The molecule has 3 aromatic rings. The van der Waals surface area contributed by atoms with Crippen LogP contribution >= 0.6 is 11.6 Å². The summed E-state index contributed by atoms with van der Waals surface area (Å²) in [6.45, 7) is 1.41. The highest BCUT2D eigenvalue weighted by atomic mass is 35.5. The molecule has 2 atom stereocenters. The van der Waals surface area contributed by atoms with E-state index in [0.717, 1.165) is 16.8 Å². The standard InChI is InChI=1S/C22H23ClN4O2/c23-19-8-6-16(7-9-19)12-18-10-11-27-20(13-24-26-27)14-29-15-21(25-22(18)28)17-4-2-1-3-5-17/h1-9,13,18,21H,10-12,14-15H2,(H,25,28)/t18-,21+/m0/s1. The predicted molar refractivity (Wildman–Crippen MR) is 110 cm³/mol. The Morgan fingerprint density at radius 1 is 1.14 bits per heavy atom. The lowest BCUT2D eigenvalue weighted by atomic mass is 9.94. The number of hydrogen-bond acceptors (Lipinski definition) is 4. The minimum atomic E-state index is -0.209. The van der Waals surface area contributed by atoms with Gasteiger partial charge >= 0.3 is 0 Å². The maximum Gasteiger partial charge on any atom is 0.224 e. The zero-order chi connectivity index (χ0) is 20.1. The number of amides is 1. The molecular formula is C22H23ClN4O2. The molecule has 0 aliphatic carbocycles. The number of carbonyl (C=O) groups is 1. The lowest BCUT2D eigenvalue weighted by Crippen LogP contribution is -2.37. The lowest BCUT2D eigenvalue weighted by Gasteiger charge is -2.22. The first kappa shape index (κ1) is 19.6. The van der Waals surface area contributed by atoms with E-state index in [1.807, 2.05) is 59.3 Å². The highest BCUT2D eigenvalue weighted by Crippen LogP contribution is 2.21. The first-order valence-electron chi connectivity index (χ1n) is 9.74. The smallest absolute Gasteiger partial charge is 0.224 e. The van der Waals surface area contributed by atoms with E-state index in [1.54, 1.807) is 6.20 Å². The Morgan fingerprint density at radius 3 is 2.72 bits per heavy atom. The van der Waals surface area contributed by atoms with Crippen LogP contribution in [-0.4, -0.2) is 27.5 Å². The van der Waals surface area contributed by atoms with Gasteiger partial charge in [-0.05, 0) is 36.1 Å². The maximum absolute atomic E-state index is 13.2. The van der Waals surface area contributed by atoms with Crippen LogP contribution in [0.3, 0.4) is 0 Å². The number of nitrogens with zero attached hydrogens (tertiary/aromatic N) is 3. The van der Waals surface area contributed by atoms with Crippen molar-refractivity contribution in [3.63, 3.8) is 0 Å². The van der Waals surface area contributed by atoms with Crippen LogP contribution in [0.2, 0.25) is 5.02 Å². The van der Waals surface area contributed by atoms with E-state index >= 15 is 0 Å². The van der Waals surface area contributed by atoms with Gasteiger partial charge in [0, 0.05) is 17.5 Å². The zero-order valence-electron chi connectivity index (χ0n) is 16.0. The maximum atomic E-state index is 13.2. The van der Waals surface area contributed by atoms with Crippen LogP contribution in [0.1, 0.15) is 29.3 Å². The average Bonchev–Trinajstić information content (AvgIpc) is 3.18. The number of aryl methyl sites for hydroxylation is 1. The Balaban J connectivity index is 1.59. The summed E-state index contributed by atoms with van der Waals surface area (Å²) in [4.78, 5) is 13.2. The van der Waals surface area contributed by atoms with Crippen molar-refractivity contribution in [3.8, 4) is 0 Å². The molecule has 4 rings (SSSR count). The van der Waals surface area contributed by atoms with Gasteiger partial charge in [0.1, 0.15) is 0 Å². The van der Waals surface area contributed by atoms with E-state index < -0.39 is 0 Å². The molecule has 1 aliphatic rings. The van der Waals surface area contributed by atoms with Crippen molar-refractivity contribution in [2.24, 2.45) is 5.92 Å². The topological polar surface area (TPSA) is 69.0 Å². The fraction of sp³-hybridized carbons (Fsp3) is 0.318. The highest BCUT2D eigenvalue weighted by molar-refractivity contribution is 6.30. The molecule has 0 unspecified atom stereocenters. The van der Waals surface area contributed by atoms with Gasteiger partial charge in [-0.15, -0.1) is 5.10 Å². The summed E-state index contributed by atoms with van der Waals surface area (Å²) in [5.74, 6) is -0.182. The number of carbonyl (C=O) groups excluding carboxylic acids is 1. The highest BCUT2D eigenvalue weighted by Gasteiger charge is 2.24. The Bertz CT molecular complexity index is 943. The molecule has 0 bridgehead atoms. The number of nitrogens with one attached hydrogen (secondary N) is 1. The molecule has 0 radical (unpaired) electrons. The second kappa shape index (κ2) is 9.20. The Labute approximate surface area is 174 Å². The van der Waals surface area contributed by atoms with Gasteiger partial charge in [-0.25, -0.2) is 4.68 Å². The molecule has 2 heterocycles. The van der Waals surface area contributed by atoms with Crippen LogP contribution < -0.4 is 5.32 Å². The molecule has 0 fully saturated rings. The van der Waals surface area contributed by atoms with Crippen LogP contribution in [0.4, 0.5) is 0 Å². The molecule has 1 amide bonds. The van der Waals surface area contributed by atoms with Crippen molar-refractivity contribution in [1.82, 2.24) is 20.3 Å². The second-order valence-corrected chi connectivity index (χ2v) is 7.69. The van der Waals surface area contributed by atoms with Crippen LogP contribution in [-0.2, 0) is 29.1 Å². The van der Waals surface area contributed by atoms with E-state index in [-0.39, 0.29) is 17.9 Å². The van der Waals surface area contributed by atoms with E-state index in [0.29, 0.717) is 37.6 Å². The molecule has 7 heteroatoms. The fourth-order valence-corrected chi connectivity index (χ4v) is 3.69. The third-order valence-electron chi connectivity index (χ3n) is 5.21. The zero-order valence-corrected chi connectivity index (χ0v) is 16.8. The number of fused-ring (bicyclic) bond motifs is 1. The van der Waals surface area contributed by atoms with Gasteiger partial charge in [0.2, 0.25) is 5.91 Å². The van der Waals surface area contributed by atoms with Gasteiger partial charge in [-0.3, -0.25) is 4.79 Å². The van der Waals surface area contributed by atoms with Crippen LogP contribution in [0.15, 0.2) is 60.8 Å². The number of benzene rings is 2. The molecule has 0 saturated heterocycles. The van der Waals surface area contributed by atoms with Crippen molar-refractivity contribution in [2.45, 2.75) is 32.0 Å². The van der Waals surface area contributed by atoms with Gasteiger partial charge in [0.05, 0.1) is 31.1 Å². The summed E-state index contributed by atoms with van der Waals surface area (Å²) in [7, 11) is 0. The van der Waals surface area contributed by atoms with Crippen molar-refractivity contribution in [2.75, 3.05) is 6.61 Å². The molecule has 0 spiro atoms. The second-order valence-electron chi connectivity index (χ2n) is 7.25. The average molecular weight is 411 g/mol. The summed E-state index contributed by atoms with van der Waals surface area (Å²) in [6.07, 6.45) is 3.01. The fourth-order valence-electron chi connectivity index (χ4n) is 3.57. The molecule has 1 aromatic heterocycles. The SMILES string of the molecule is O=C1N[C@@H](c2ccccc2)COCc2cnnn2CC[C@H]1Cc1ccc(Cl)cc1. The van der Waals surface area contributed by atoms with E-state index in [1.165, 1.54) is 0 Å². The summed E-state index contributed by atoms with van der Waals surface area (Å²) < 4.78 is 7.73. The van der Waals surface area contributed by atoms with Crippen molar-refractivity contribution in [3.05, 3.63) is 82.6 Å². The molecule has 2 aromatic carbocycles. The molecule has 0 saturated carbocycles. The van der Waals surface area contributed by atoms with Gasteiger partial charge in [0.15, 0.2) is 0 Å². The number of aromatic nitrogens is 3. The molecule has 6 nitrogen and oxygen atoms in total. The third-order valence-corrected chi connectivity index (χ3v) is 5.46. The summed E-state index contributed by atoms with van der Waals surface area (Å²) >= 11 is 6.01. The van der Waals surface area contributed by atoms with Crippen molar-refractivity contribution >= 4 is 17.5 Å². The monoisotopic (exact) mass is 410 g/mol. The van der Waals surface area contributed by atoms with Crippen LogP contribution in [0, 0.1) is 5.92 Å². The minimum absolute atomic E-state index is 0.0148. The quantitative estimate of drug-likeness (QED) is 0.716. The van der Waals surface area contributed by atoms with Crippen molar-refractivity contribution in [1.29, 1.82) is 0 Å². The number of rotatable bonds is 3. The molecule has 1 N–H and O–H groups in total. The molecule has 29 heavy (non-hydrogen) atoms. The molecule has 150 valence electrons. The van der Waals surface area contributed by atoms with E-state index in [4.69, 9.17) is 16.3 Å². The Morgan fingerprint density at radius 2 is 1.93 bits per heavy atom. The lowest BCUT2D eigenvalue weighted by molar-refractivity contribution is -0.126. The van der Waals surface area contributed by atoms with Gasteiger partial charge < -0.3 is 10.1 Å². The number of ether oxygens (including phenoxy) is 1. The van der Waals surface area contributed by atoms with Gasteiger partial charge in [0.25, 0.3) is 0 Å². The minimum Gasteiger partial charge on any atom is -0.373 e. The molecule has 1 aliphatic heterocycles. The first-order chi connectivity index (χ1) is 14.2. The summed E-state index contributed by atoms with van der Waals surface area (Å²) in [5.41, 5.74) is 3.02. The van der Waals surface area contributed by atoms with Crippen LogP contribution in [0.25, 0.3) is 0 Å². The number of hydrogen-bond donors (Lipinski definition) is 1. The Hall–Kier alpha value is -2.70. The largest absolute Gasteiger partial charge is 0.373 e. The summed E-state index contributed by atoms with van der Waals surface area (Å²) in [5, 5.41) is 12.0. The predicted octanol–water partition coefficient (Wildman–Crippen LogP) is 3.57. The van der Waals surface area contributed by atoms with Gasteiger partial charge in [-0.2, -0.15) is 0 Å². The summed E-state index contributed by atoms with van der Waals surface area (Å²) in [6, 6.07) is 17.4. The number of halogens is 1. The Kier molecular flexibility index (Phi) is 6.22. The molecular weight excluding hydrogens is 388 g/mol. The normalized spacial score (nSPS) is 20.4. The van der Waals surface area contributed by atoms with Crippen LogP contribution in [0.5, 0.6) is 0 Å². The van der Waals surface area contributed by atoms with Crippen molar-refractivity contribution < 1.29 is 9.53 Å². The third kappa shape index (κ3) is 5.02. The van der Waals surface area contributed by atoms with E-state index in [2.05, 4.69) is 15.6 Å². The first-order valence-corrected chi connectivity index (χ1v) is 10.1.